The van der Waals surface area contributed by atoms with Crippen LogP contribution in [0.4, 0.5) is 0 Å². The summed E-state index contributed by atoms with van der Waals surface area (Å²) in [7, 11) is -2.94. The van der Waals surface area contributed by atoms with E-state index in [1.807, 2.05) is 0 Å². The fourth-order valence-electron chi connectivity index (χ4n) is 3.32. The summed E-state index contributed by atoms with van der Waals surface area (Å²) in [5.74, 6) is 1.10. The van der Waals surface area contributed by atoms with Crippen LogP contribution in [-0.4, -0.2) is 25.2 Å². The Bertz CT molecular complexity index is 674. The molecule has 134 valence electrons. The van der Waals surface area contributed by atoms with Crippen molar-refractivity contribution in [3.05, 3.63) is 34.9 Å². The Hall–Kier alpha value is -1.16. The average molecular weight is 351 g/mol. The van der Waals surface area contributed by atoms with E-state index in [1.54, 1.807) is 13.8 Å². The van der Waals surface area contributed by atoms with Crippen LogP contribution in [0.25, 0.3) is 0 Å². The van der Waals surface area contributed by atoms with E-state index >= 15 is 0 Å². The SMILES string of the molecule is CC1CCc2ccc(CC(=O)CCCCCS(=O)(=O)C(C)C)cc21. The number of Topliss-reactive ketones (excluding diaryl/α,β-unsaturated/α-hetero) is 1. The summed E-state index contributed by atoms with van der Waals surface area (Å²) < 4.78 is 23.4. The molecule has 4 heteroatoms. The summed E-state index contributed by atoms with van der Waals surface area (Å²) in [6.45, 7) is 5.69. The number of rotatable bonds is 9. The second kappa shape index (κ2) is 8.28. The Balaban J connectivity index is 1.72. The van der Waals surface area contributed by atoms with E-state index in [4.69, 9.17) is 0 Å². The molecule has 0 heterocycles. The van der Waals surface area contributed by atoms with Gasteiger partial charge in [0.25, 0.3) is 0 Å². The highest BCUT2D eigenvalue weighted by Gasteiger charge is 2.19. The molecule has 24 heavy (non-hydrogen) atoms. The first-order valence-corrected chi connectivity index (χ1v) is 10.9. The predicted molar refractivity (Wildman–Crippen MR) is 99.3 cm³/mol. The molecular formula is C20H30O3S. The number of fused-ring (bicyclic) bond motifs is 1. The highest BCUT2D eigenvalue weighted by atomic mass is 32.2. The molecule has 0 amide bonds. The van der Waals surface area contributed by atoms with Crippen molar-refractivity contribution in [3.8, 4) is 0 Å². The molecule has 1 aromatic carbocycles. The van der Waals surface area contributed by atoms with Crippen molar-refractivity contribution in [2.75, 3.05) is 5.75 Å². The second-order valence-electron chi connectivity index (χ2n) is 7.41. The third kappa shape index (κ3) is 5.17. The first-order chi connectivity index (χ1) is 11.3. The van der Waals surface area contributed by atoms with E-state index in [1.165, 1.54) is 17.5 Å². The first-order valence-electron chi connectivity index (χ1n) is 9.14. The lowest BCUT2D eigenvalue weighted by atomic mass is 9.97. The van der Waals surface area contributed by atoms with Crippen LogP contribution in [0.2, 0.25) is 0 Å². The third-order valence-electron chi connectivity index (χ3n) is 5.09. The van der Waals surface area contributed by atoms with E-state index in [-0.39, 0.29) is 16.8 Å². The van der Waals surface area contributed by atoms with E-state index in [2.05, 4.69) is 25.1 Å². The van der Waals surface area contributed by atoms with Gasteiger partial charge in [-0.15, -0.1) is 0 Å². The summed E-state index contributed by atoms with van der Waals surface area (Å²) >= 11 is 0. The first kappa shape index (κ1) is 19.2. The maximum absolute atomic E-state index is 12.1. The van der Waals surface area contributed by atoms with Gasteiger partial charge in [0.2, 0.25) is 0 Å². The van der Waals surface area contributed by atoms with Gasteiger partial charge < -0.3 is 0 Å². The van der Waals surface area contributed by atoms with Crippen LogP contribution < -0.4 is 0 Å². The number of ketones is 1. The Morgan fingerprint density at radius 2 is 1.96 bits per heavy atom. The molecule has 1 aliphatic rings. The minimum absolute atomic E-state index is 0.238. The van der Waals surface area contributed by atoms with Crippen LogP contribution in [0.3, 0.4) is 0 Å². The molecule has 1 atom stereocenters. The minimum Gasteiger partial charge on any atom is -0.299 e. The zero-order valence-electron chi connectivity index (χ0n) is 15.2. The number of carbonyl (C=O) groups is 1. The minimum atomic E-state index is -2.94. The van der Waals surface area contributed by atoms with Gasteiger partial charge in [-0.25, -0.2) is 8.42 Å². The standard InChI is InChI=1S/C20H30O3S/c1-15(2)24(22,23)12-6-4-5-7-19(21)13-17-9-11-18-10-8-16(3)20(18)14-17/h9,11,14-16H,4-8,10,12-13H2,1-3H3. The number of hydrogen-bond donors (Lipinski definition) is 0. The van der Waals surface area contributed by atoms with Crippen LogP contribution in [-0.2, 0) is 27.5 Å². The fraction of sp³-hybridized carbons (Fsp3) is 0.650. The van der Waals surface area contributed by atoms with E-state index in [0.29, 0.717) is 25.2 Å². The number of aryl methyl sites for hydroxylation is 1. The number of benzene rings is 1. The molecule has 1 aliphatic carbocycles. The molecule has 0 aliphatic heterocycles. The van der Waals surface area contributed by atoms with Gasteiger partial charge in [-0.3, -0.25) is 4.79 Å². The van der Waals surface area contributed by atoms with Gasteiger partial charge in [-0.1, -0.05) is 31.5 Å². The van der Waals surface area contributed by atoms with Crippen molar-refractivity contribution in [1.29, 1.82) is 0 Å². The number of sulfone groups is 1. The van der Waals surface area contributed by atoms with Crippen molar-refractivity contribution in [3.63, 3.8) is 0 Å². The van der Waals surface area contributed by atoms with Crippen molar-refractivity contribution in [1.82, 2.24) is 0 Å². The van der Waals surface area contributed by atoms with Crippen LogP contribution >= 0.6 is 0 Å². The lowest BCUT2D eigenvalue weighted by molar-refractivity contribution is -0.118. The second-order valence-corrected chi connectivity index (χ2v) is 10.1. The summed E-state index contributed by atoms with van der Waals surface area (Å²) in [6, 6.07) is 6.47. The van der Waals surface area contributed by atoms with Gasteiger partial charge in [0.05, 0.1) is 11.0 Å². The maximum atomic E-state index is 12.1. The Morgan fingerprint density at radius 3 is 2.67 bits per heavy atom. The summed E-state index contributed by atoms with van der Waals surface area (Å²) in [5, 5.41) is -0.304. The monoisotopic (exact) mass is 350 g/mol. The molecule has 2 rings (SSSR count). The van der Waals surface area contributed by atoms with Crippen LogP contribution in [0.5, 0.6) is 0 Å². The van der Waals surface area contributed by atoms with Crippen molar-refractivity contribution < 1.29 is 13.2 Å². The van der Waals surface area contributed by atoms with Crippen molar-refractivity contribution in [2.24, 2.45) is 0 Å². The van der Waals surface area contributed by atoms with Crippen molar-refractivity contribution in [2.45, 2.75) is 76.9 Å². The lowest BCUT2D eigenvalue weighted by Crippen LogP contribution is -2.17. The number of unbranched alkanes of at least 4 members (excludes halogenated alkanes) is 2. The highest BCUT2D eigenvalue weighted by Crippen LogP contribution is 2.33. The molecule has 0 spiro atoms. The van der Waals surface area contributed by atoms with Crippen LogP contribution in [0.1, 0.15) is 75.5 Å². The van der Waals surface area contributed by atoms with E-state index in [9.17, 15) is 13.2 Å². The fourth-order valence-corrected chi connectivity index (χ4v) is 4.40. The molecule has 0 N–H and O–H groups in total. The third-order valence-corrected chi connectivity index (χ3v) is 7.39. The van der Waals surface area contributed by atoms with Gasteiger partial charge in [0.15, 0.2) is 9.84 Å². The average Bonchev–Trinajstić information content (AvgIpc) is 2.88. The molecule has 1 unspecified atom stereocenters. The van der Waals surface area contributed by atoms with Crippen LogP contribution in [0, 0.1) is 0 Å². The quantitative estimate of drug-likeness (QED) is 0.626. The molecule has 0 saturated heterocycles. The summed E-state index contributed by atoms with van der Waals surface area (Å²) in [6.07, 6.45) is 5.67. The molecular weight excluding hydrogens is 320 g/mol. The Labute approximate surface area is 146 Å². The molecule has 3 nitrogen and oxygen atoms in total. The molecule has 0 radical (unpaired) electrons. The van der Waals surface area contributed by atoms with Gasteiger partial charge in [-0.2, -0.15) is 0 Å². The van der Waals surface area contributed by atoms with Gasteiger partial charge in [-0.05, 0) is 62.1 Å². The molecule has 1 aromatic rings. The number of hydrogen-bond acceptors (Lipinski definition) is 3. The zero-order valence-corrected chi connectivity index (χ0v) is 16.0. The van der Waals surface area contributed by atoms with Gasteiger partial charge in [0.1, 0.15) is 5.78 Å². The zero-order chi connectivity index (χ0) is 17.7. The Morgan fingerprint density at radius 1 is 1.21 bits per heavy atom. The summed E-state index contributed by atoms with van der Waals surface area (Å²) in [5.41, 5.74) is 3.97. The smallest absolute Gasteiger partial charge is 0.152 e. The molecule has 0 fully saturated rings. The van der Waals surface area contributed by atoms with Crippen LogP contribution in [0.15, 0.2) is 18.2 Å². The highest BCUT2D eigenvalue weighted by molar-refractivity contribution is 7.91. The normalized spacial score (nSPS) is 17.2. The molecule has 0 aromatic heterocycles. The number of carbonyl (C=O) groups excluding carboxylic acids is 1. The molecule has 0 saturated carbocycles. The Kier molecular flexibility index (Phi) is 6.62. The maximum Gasteiger partial charge on any atom is 0.152 e. The van der Waals surface area contributed by atoms with E-state index < -0.39 is 9.84 Å². The van der Waals surface area contributed by atoms with Gasteiger partial charge >= 0.3 is 0 Å². The summed E-state index contributed by atoms with van der Waals surface area (Å²) in [4.78, 5) is 12.1. The van der Waals surface area contributed by atoms with Crippen molar-refractivity contribution >= 4 is 15.6 Å². The predicted octanol–water partition coefficient (Wildman–Crippen LogP) is 4.23. The lowest BCUT2D eigenvalue weighted by Gasteiger charge is -2.08. The van der Waals surface area contributed by atoms with E-state index in [0.717, 1.165) is 24.8 Å². The topological polar surface area (TPSA) is 51.2 Å². The largest absolute Gasteiger partial charge is 0.299 e. The molecule has 0 bridgehead atoms. The van der Waals surface area contributed by atoms with Gasteiger partial charge in [0, 0.05) is 12.8 Å².